The Morgan fingerprint density at radius 3 is 2.70 bits per heavy atom. The number of nitrogens with one attached hydrogen (secondary N) is 1. The summed E-state index contributed by atoms with van der Waals surface area (Å²) in [7, 11) is 1.50. The predicted molar refractivity (Wildman–Crippen MR) is 92.4 cm³/mol. The first-order chi connectivity index (χ1) is 11.1. The molecule has 0 radical (unpaired) electrons. The van der Waals surface area contributed by atoms with Crippen LogP contribution in [0.25, 0.3) is 0 Å². The molecular weight excluding hydrogens is 360 g/mol. The number of hydrazone groups is 1. The van der Waals surface area contributed by atoms with Crippen molar-refractivity contribution in [1.82, 2.24) is 15.0 Å². The molecule has 0 aliphatic heterocycles. The van der Waals surface area contributed by atoms with Crippen LogP contribution >= 0.6 is 15.9 Å². The molecular formula is C15H17BrN6O. The molecule has 23 heavy (non-hydrogen) atoms. The van der Waals surface area contributed by atoms with E-state index in [-0.39, 0.29) is 12.0 Å². The summed E-state index contributed by atoms with van der Waals surface area (Å²) in [6.07, 6.45) is 2.80. The summed E-state index contributed by atoms with van der Waals surface area (Å²) in [5.74, 6) is 1.20. The van der Waals surface area contributed by atoms with E-state index in [1.54, 1.807) is 0 Å². The third-order valence-electron chi connectivity index (χ3n) is 3.42. The minimum absolute atomic E-state index is 0.155. The molecule has 2 aromatic rings. The summed E-state index contributed by atoms with van der Waals surface area (Å²) in [6.45, 7) is 0. The van der Waals surface area contributed by atoms with Gasteiger partial charge in [-0.25, -0.2) is 0 Å². The zero-order valence-corrected chi connectivity index (χ0v) is 14.2. The molecule has 0 saturated heterocycles. The van der Waals surface area contributed by atoms with Crippen molar-refractivity contribution in [2.45, 2.75) is 19.3 Å². The Bertz CT molecular complexity index is 714. The highest BCUT2D eigenvalue weighted by molar-refractivity contribution is 9.10. The molecule has 1 aliphatic rings. The topological polar surface area (TPSA) is 98.3 Å². The lowest BCUT2D eigenvalue weighted by molar-refractivity contribution is 0.377. The summed E-state index contributed by atoms with van der Waals surface area (Å²) in [6, 6.07) is 8.08. The molecule has 1 aliphatic carbocycles. The molecule has 1 aromatic carbocycles. The number of aromatic nitrogens is 3. The molecule has 7 nitrogen and oxygen atoms in total. The molecule has 3 N–H and O–H groups in total. The average Bonchev–Trinajstić information content (AvgIpc) is 3.37. The molecule has 3 rings (SSSR count). The Kier molecular flexibility index (Phi) is 4.71. The Morgan fingerprint density at radius 2 is 2.04 bits per heavy atom. The van der Waals surface area contributed by atoms with Gasteiger partial charge in [0, 0.05) is 16.6 Å². The van der Waals surface area contributed by atoms with Crippen LogP contribution in [-0.4, -0.2) is 27.8 Å². The Balaban J connectivity index is 1.75. The maximum absolute atomic E-state index is 5.68. The van der Waals surface area contributed by atoms with Gasteiger partial charge in [0.25, 0.3) is 0 Å². The van der Waals surface area contributed by atoms with E-state index >= 15 is 0 Å². The van der Waals surface area contributed by atoms with Crippen LogP contribution in [0.15, 0.2) is 33.8 Å². The van der Waals surface area contributed by atoms with Crippen LogP contribution in [0, 0.1) is 5.92 Å². The Labute approximate surface area is 142 Å². The zero-order valence-electron chi connectivity index (χ0n) is 12.7. The van der Waals surface area contributed by atoms with Crippen molar-refractivity contribution in [2.24, 2.45) is 11.0 Å². The highest BCUT2D eigenvalue weighted by atomic mass is 79.9. The van der Waals surface area contributed by atoms with Crippen molar-refractivity contribution >= 4 is 33.3 Å². The first-order valence-corrected chi connectivity index (χ1v) is 8.06. The zero-order chi connectivity index (χ0) is 16.2. The lowest BCUT2D eigenvalue weighted by Gasteiger charge is -2.07. The number of anilines is 2. The minimum Gasteiger partial charge on any atom is -0.467 e. The molecule has 0 amide bonds. The van der Waals surface area contributed by atoms with E-state index < -0.39 is 0 Å². The lowest BCUT2D eigenvalue weighted by atomic mass is 10.2. The molecule has 8 heteroatoms. The quantitative estimate of drug-likeness (QED) is 0.593. The summed E-state index contributed by atoms with van der Waals surface area (Å²) in [5.41, 5.74) is 10.7. The SMILES string of the molecule is COc1nc(N)nc(CC(=NNc2ccc(Br)cc2)C2CC2)n1. The molecule has 0 spiro atoms. The second kappa shape index (κ2) is 6.91. The van der Waals surface area contributed by atoms with Gasteiger partial charge in [-0.05, 0) is 43.0 Å². The molecule has 1 fully saturated rings. The molecule has 0 atom stereocenters. The second-order valence-electron chi connectivity index (χ2n) is 5.27. The van der Waals surface area contributed by atoms with Gasteiger partial charge in [-0.15, -0.1) is 0 Å². The van der Waals surface area contributed by atoms with Crippen molar-refractivity contribution in [1.29, 1.82) is 0 Å². The van der Waals surface area contributed by atoms with Gasteiger partial charge < -0.3 is 10.5 Å². The largest absolute Gasteiger partial charge is 0.467 e. The maximum Gasteiger partial charge on any atom is 0.321 e. The fraction of sp³-hybridized carbons (Fsp3) is 0.333. The van der Waals surface area contributed by atoms with E-state index in [9.17, 15) is 0 Å². The molecule has 1 heterocycles. The van der Waals surface area contributed by atoms with E-state index in [2.05, 4.69) is 41.4 Å². The Morgan fingerprint density at radius 1 is 1.30 bits per heavy atom. The molecule has 1 aromatic heterocycles. The van der Waals surface area contributed by atoms with Gasteiger partial charge in [0.1, 0.15) is 5.82 Å². The minimum atomic E-state index is 0.155. The van der Waals surface area contributed by atoms with Crippen LogP contribution in [0.3, 0.4) is 0 Å². The van der Waals surface area contributed by atoms with E-state index in [1.807, 2.05) is 24.3 Å². The van der Waals surface area contributed by atoms with Gasteiger partial charge >= 0.3 is 6.01 Å². The van der Waals surface area contributed by atoms with Crippen LogP contribution < -0.4 is 15.9 Å². The highest BCUT2D eigenvalue weighted by Gasteiger charge is 2.28. The van der Waals surface area contributed by atoms with Crippen molar-refractivity contribution in [3.8, 4) is 6.01 Å². The second-order valence-corrected chi connectivity index (χ2v) is 6.19. The smallest absolute Gasteiger partial charge is 0.321 e. The number of nitrogen functional groups attached to an aromatic ring is 1. The van der Waals surface area contributed by atoms with Crippen LogP contribution in [0.4, 0.5) is 11.6 Å². The van der Waals surface area contributed by atoms with Crippen molar-refractivity contribution in [2.75, 3.05) is 18.3 Å². The Hall–Kier alpha value is -2.22. The average molecular weight is 377 g/mol. The van der Waals surface area contributed by atoms with Crippen LogP contribution in [0.5, 0.6) is 6.01 Å². The first kappa shape index (κ1) is 15.7. The number of nitrogens with two attached hydrogens (primary N) is 1. The summed E-state index contributed by atoms with van der Waals surface area (Å²) < 4.78 is 6.06. The van der Waals surface area contributed by atoms with Crippen molar-refractivity contribution in [3.05, 3.63) is 34.6 Å². The van der Waals surface area contributed by atoms with Crippen LogP contribution in [0.2, 0.25) is 0 Å². The van der Waals surface area contributed by atoms with E-state index in [1.165, 1.54) is 7.11 Å². The van der Waals surface area contributed by atoms with Gasteiger partial charge in [0.2, 0.25) is 5.95 Å². The number of nitrogens with zero attached hydrogens (tertiary/aromatic N) is 4. The van der Waals surface area contributed by atoms with Gasteiger partial charge in [0.15, 0.2) is 0 Å². The number of benzene rings is 1. The molecule has 0 unspecified atom stereocenters. The van der Waals surface area contributed by atoms with Crippen LogP contribution in [0.1, 0.15) is 18.7 Å². The monoisotopic (exact) mass is 376 g/mol. The van der Waals surface area contributed by atoms with Gasteiger partial charge in [0.05, 0.1) is 12.8 Å². The highest BCUT2D eigenvalue weighted by Crippen LogP contribution is 2.32. The number of methoxy groups -OCH3 is 1. The van der Waals surface area contributed by atoms with Crippen molar-refractivity contribution < 1.29 is 4.74 Å². The third-order valence-corrected chi connectivity index (χ3v) is 3.95. The molecule has 120 valence electrons. The van der Waals surface area contributed by atoms with Crippen molar-refractivity contribution in [3.63, 3.8) is 0 Å². The standard InChI is InChI=1S/C15H17BrN6O/c1-23-15-19-13(18-14(17)20-15)8-12(9-2-3-9)22-21-11-6-4-10(16)5-7-11/h4-7,9,21H,2-3,8H2,1H3,(H2,17,18,19,20). The fourth-order valence-electron chi connectivity index (χ4n) is 2.10. The normalized spacial score (nSPS) is 14.6. The number of hydrogen-bond acceptors (Lipinski definition) is 7. The van der Waals surface area contributed by atoms with E-state index in [0.717, 1.165) is 28.7 Å². The summed E-state index contributed by atoms with van der Waals surface area (Å²) in [4.78, 5) is 12.3. The molecule has 1 saturated carbocycles. The maximum atomic E-state index is 5.68. The number of hydrogen-bond donors (Lipinski definition) is 2. The lowest BCUT2D eigenvalue weighted by Crippen LogP contribution is -2.13. The first-order valence-electron chi connectivity index (χ1n) is 7.26. The fourth-order valence-corrected chi connectivity index (χ4v) is 2.36. The number of halogens is 1. The van der Waals surface area contributed by atoms with Crippen LogP contribution in [-0.2, 0) is 6.42 Å². The van der Waals surface area contributed by atoms with Gasteiger partial charge in [-0.1, -0.05) is 15.9 Å². The van der Waals surface area contributed by atoms with Gasteiger partial charge in [-0.2, -0.15) is 20.1 Å². The number of ether oxygens (including phenoxy) is 1. The van der Waals surface area contributed by atoms with Gasteiger partial charge in [-0.3, -0.25) is 5.43 Å². The van der Waals surface area contributed by atoms with E-state index in [0.29, 0.717) is 18.2 Å². The third kappa shape index (κ3) is 4.38. The molecule has 0 bridgehead atoms. The number of rotatable bonds is 6. The van der Waals surface area contributed by atoms with E-state index in [4.69, 9.17) is 10.5 Å². The summed E-state index contributed by atoms with van der Waals surface area (Å²) in [5, 5.41) is 4.54. The summed E-state index contributed by atoms with van der Waals surface area (Å²) >= 11 is 3.41. The predicted octanol–water partition coefficient (Wildman–Crippen LogP) is 2.65.